The van der Waals surface area contributed by atoms with Crippen LogP contribution in [0, 0.1) is 6.42 Å². The summed E-state index contributed by atoms with van der Waals surface area (Å²) in [6.45, 7) is 0. The summed E-state index contributed by atoms with van der Waals surface area (Å²) in [4.78, 5) is 3.94. The first-order valence-corrected chi connectivity index (χ1v) is 4.08. The average Bonchev–Trinajstić information content (AvgIpc) is 2.21. The zero-order valence-corrected chi connectivity index (χ0v) is 7.07. The van der Waals surface area contributed by atoms with Gasteiger partial charge < -0.3 is 5.32 Å². The molecule has 2 nitrogen and oxygen atoms in total. The molecule has 0 saturated carbocycles. The Balaban J connectivity index is 2.30. The minimum Gasteiger partial charge on any atom is -0.367 e. The maximum atomic E-state index is 3.94. The Labute approximate surface area is 77.4 Å². The fourth-order valence-electron chi connectivity index (χ4n) is 1.07. The molecule has 0 atom stereocenters. The van der Waals surface area contributed by atoms with Gasteiger partial charge in [-0.05, 0) is 12.2 Å². The van der Waals surface area contributed by atoms with Gasteiger partial charge >= 0.3 is 0 Å². The van der Waals surface area contributed by atoms with E-state index in [9.17, 15) is 0 Å². The molecule has 0 amide bonds. The monoisotopic (exact) mass is 169 g/mol. The first-order chi connectivity index (χ1) is 6.45. The van der Waals surface area contributed by atoms with Crippen molar-refractivity contribution in [1.29, 1.82) is 0 Å². The standard InChI is InChI=1S/C11H9N2/c1-5-12-6-2-10(1)9-11-3-7-13-8-4-11/h1-8,12H/q+1. The van der Waals surface area contributed by atoms with Crippen molar-refractivity contribution in [2.75, 3.05) is 0 Å². The molecular weight excluding hydrogens is 160 g/mol. The van der Waals surface area contributed by atoms with E-state index in [2.05, 4.69) is 16.0 Å². The zero-order chi connectivity index (χ0) is 8.93. The lowest BCUT2D eigenvalue weighted by Crippen LogP contribution is -1.96. The van der Waals surface area contributed by atoms with Gasteiger partial charge in [0.15, 0.2) is 5.57 Å². The number of nitrogens with zero attached hydrogens (tertiary/aromatic N) is 1. The van der Waals surface area contributed by atoms with E-state index in [1.54, 1.807) is 12.4 Å². The van der Waals surface area contributed by atoms with Crippen LogP contribution in [0.5, 0.6) is 0 Å². The molecule has 0 fully saturated rings. The topological polar surface area (TPSA) is 24.4 Å². The molecule has 2 heteroatoms. The summed E-state index contributed by atoms with van der Waals surface area (Å²) in [5.41, 5.74) is 5.35. The Morgan fingerprint density at radius 2 is 2.08 bits per heavy atom. The number of allylic oxidation sites excluding steroid dienone is 4. The lowest BCUT2D eigenvalue weighted by molar-refractivity contribution is 1.17. The second-order valence-corrected chi connectivity index (χ2v) is 2.65. The molecule has 62 valence electrons. The minimum atomic E-state index is 1.04. The molecule has 0 aliphatic carbocycles. The highest BCUT2D eigenvalue weighted by molar-refractivity contribution is 5.76. The SMILES string of the molecule is C(=C1C=CNC=C1)=C1C=CN=C[CH+]1. The largest absolute Gasteiger partial charge is 0.367 e. The maximum absolute atomic E-state index is 3.94. The number of hydrogen-bond donors (Lipinski definition) is 1. The van der Waals surface area contributed by atoms with Crippen LogP contribution in [0.2, 0.25) is 0 Å². The molecule has 2 heterocycles. The maximum Gasteiger partial charge on any atom is 0.192 e. The van der Waals surface area contributed by atoms with E-state index in [-0.39, 0.29) is 0 Å². The van der Waals surface area contributed by atoms with Gasteiger partial charge in [0, 0.05) is 12.4 Å². The first-order valence-electron chi connectivity index (χ1n) is 4.08. The molecule has 1 N–H and O–H groups in total. The number of nitrogens with one attached hydrogen (secondary N) is 1. The second kappa shape index (κ2) is 3.65. The van der Waals surface area contributed by atoms with Gasteiger partial charge in [-0.2, -0.15) is 0 Å². The molecule has 0 saturated heterocycles. The Hall–Kier alpha value is -1.92. The predicted molar refractivity (Wildman–Crippen MR) is 53.9 cm³/mol. The summed E-state index contributed by atoms with van der Waals surface area (Å²) < 4.78 is 0. The molecule has 2 aliphatic rings. The Kier molecular flexibility index (Phi) is 2.17. The van der Waals surface area contributed by atoms with Crippen molar-refractivity contribution in [1.82, 2.24) is 5.32 Å². The summed E-state index contributed by atoms with van der Waals surface area (Å²) in [6.07, 6.45) is 15.1. The highest BCUT2D eigenvalue weighted by Crippen LogP contribution is 2.07. The van der Waals surface area contributed by atoms with E-state index < -0.39 is 0 Å². The third-order valence-electron chi connectivity index (χ3n) is 1.69. The molecular formula is C11H9N2+. The fourth-order valence-corrected chi connectivity index (χ4v) is 1.07. The Morgan fingerprint density at radius 3 is 2.77 bits per heavy atom. The van der Waals surface area contributed by atoms with Crippen LogP contribution in [-0.4, -0.2) is 6.21 Å². The fraction of sp³-hybridized carbons (Fsp3) is 0. The lowest BCUT2D eigenvalue weighted by atomic mass is 10.1. The van der Waals surface area contributed by atoms with Crippen LogP contribution >= 0.6 is 0 Å². The van der Waals surface area contributed by atoms with Gasteiger partial charge in [-0.15, -0.1) is 0 Å². The van der Waals surface area contributed by atoms with Crippen LogP contribution in [0.4, 0.5) is 0 Å². The van der Waals surface area contributed by atoms with Crippen molar-refractivity contribution < 1.29 is 0 Å². The lowest BCUT2D eigenvalue weighted by Gasteiger charge is -1.95. The number of rotatable bonds is 0. The van der Waals surface area contributed by atoms with E-state index in [1.807, 2.05) is 37.0 Å². The number of hydrogen-bond acceptors (Lipinski definition) is 2. The van der Waals surface area contributed by atoms with Gasteiger partial charge in [-0.3, -0.25) is 0 Å². The molecule has 0 radical (unpaired) electrons. The van der Waals surface area contributed by atoms with Crippen LogP contribution in [0.15, 0.2) is 58.7 Å². The van der Waals surface area contributed by atoms with Gasteiger partial charge in [0.1, 0.15) is 0 Å². The van der Waals surface area contributed by atoms with Crippen molar-refractivity contribution in [2.45, 2.75) is 0 Å². The molecule has 0 aromatic carbocycles. The van der Waals surface area contributed by atoms with Crippen molar-refractivity contribution >= 4 is 6.21 Å². The van der Waals surface area contributed by atoms with E-state index in [0.29, 0.717) is 0 Å². The van der Waals surface area contributed by atoms with Crippen molar-refractivity contribution in [3.8, 4) is 0 Å². The van der Waals surface area contributed by atoms with Crippen LogP contribution in [0.1, 0.15) is 0 Å². The molecule has 0 bridgehead atoms. The Bertz CT molecular complexity index is 361. The minimum absolute atomic E-state index is 1.04. The van der Waals surface area contributed by atoms with E-state index in [4.69, 9.17) is 0 Å². The summed E-state index contributed by atoms with van der Waals surface area (Å²) in [6, 6.07) is 0. The van der Waals surface area contributed by atoms with Crippen LogP contribution in [-0.2, 0) is 0 Å². The first kappa shape index (κ1) is 7.71. The van der Waals surface area contributed by atoms with Gasteiger partial charge in [-0.25, -0.2) is 4.99 Å². The van der Waals surface area contributed by atoms with E-state index in [1.165, 1.54) is 0 Å². The van der Waals surface area contributed by atoms with E-state index >= 15 is 0 Å². The summed E-state index contributed by atoms with van der Waals surface area (Å²) >= 11 is 0. The third kappa shape index (κ3) is 2.01. The molecule has 2 aliphatic heterocycles. The smallest absolute Gasteiger partial charge is 0.192 e. The quantitative estimate of drug-likeness (QED) is 0.434. The molecule has 0 spiro atoms. The molecule has 0 unspecified atom stereocenters. The second-order valence-electron chi connectivity index (χ2n) is 2.65. The van der Waals surface area contributed by atoms with Crippen molar-refractivity contribution in [3.63, 3.8) is 0 Å². The molecule has 0 aromatic rings. The van der Waals surface area contributed by atoms with Gasteiger partial charge in [-0.1, -0.05) is 0 Å². The Morgan fingerprint density at radius 1 is 1.23 bits per heavy atom. The van der Waals surface area contributed by atoms with Crippen molar-refractivity contribution in [3.05, 3.63) is 60.1 Å². The van der Waals surface area contributed by atoms with Crippen LogP contribution in [0.3, 0.4) is 0 Å². The predicted octanol–water partition coefficient (Wildman–Crippen LogP) is 1.87. The average molecular weight is 169 g/mol. The van der Waals surface area contributed by atoms with Gasteiger partial charge in [0.2, 0.25) is 0 Å². The van der Waals surface area contributed by atoms with Crippen molar-refractivity contribution in [2.24, 2.45) is 4.99 Å². The highest BCUT2D eigenvalue weighted by Gasteiger charge is 2.04. The summed E-state index contributed by atoms with van der Waals surface area (Å²) in [5.74, 6) is 0. The summed E-state index contributed by atoms with van der Waals surface area (Å²) in [7, 11) is 0. The zero-order valence-electron chi connectivity index (χ0n) is 7.07. The number of aliphatic imine (C=N–C) groups is 1. The highest BCUT2D eigenvalue weighted by atomic mass is 14.8. The van der Waals surface area contributed by atoms with Gasteiger partial charge in [0.25, 0.3) is 0 Å². The molecule has 2 rings (SSSR count). The van der Waals surface area contributed by atoms with E-state index in [0.717, 1.165) is 11.1 Å². The third-order valence-corrected chi connectivity index (χ3v) is 1.69. The van der Waals surface area contributed by atoms with Gasteiger partial charge in [0.05, 0.1) is 36.2 Å². The normalized spacial score (nSPS) is 18.2. The molecule has 0 aromatic heterocycles. The number of dihydropyridines is 1. The summed E-state index contributed by atoms with van der Waals surface area (Å²) in [5, 5.41) is 2.97. The van der Waals surface area contributed by atoms with Crippen LogP contribution in [0.25, 0.3) is 0 Å². The molecule has 13 heavy (non-hydrogen) atoms. The van der Waals surface area contributed by atoms with Crippen LogP contribution < -0.4 is 5.32 Å².